The Labute approximate surface area is 87.0 Å². The molecule has 0 aromatic rings. The van der Waals surface area contributed by atoms with Crippen molar-refractivity contribution in [3.63, 3.8) is 0 Å². The van der Waals surface area contributed by atoms with E-state index in [0.717, 1.165) is 0 Å². The molecule has 0 aromatic heterocycles. The molecular formula is C9H14O6. The number of hydrogen-bond donors (Lipinski definition) is 1. The van der Waals surface area contributed by atoms with Crippen molar-refractivity contribution in [2.45, 2.75) is 43.1 Å². The molecule has 4 rings (SSSR count). The molecule has 6 nitrogen and oxygen atoms in total. The van der Waals surface area contributed by atoms with E-state index in [2.05, 4.69) is 0 Å². The third-order valence-corrected chi connectivity index (χ3v) is 3.32. The van der Waals surface area contributed by atoms with Gasteiger partial charge in [-0.1, -0.05) is 0 Å². The Balaban J connectivity index is 1.92. The molecule has 6 heteroatoms. The first kappa shape index (κ1) is 9.95. The number of hydrogen-bond acceptors (Lipinski definition) is 6. The molecule has 3 aliphatic heterocycles. The molecule has 86 valence electrons. The van der Waals surface area contributed by atoms with E-state index in [1.54, 1.807) is 14.2 Å². The van der Waals surface area contributed by atoms with Crippen molar-refractivity contribution in [2.75, 3.05) is 14.2 Å². The van der Waals surface area contributed by atoms with E-state index < -0.39 is 12.6 Å². The van der Waals surface area contributed by atoms with Gasteiger partial charge in [-0.25, -0.2) is 0 Å². The van der Waals surface area contributed by atoms with E-state index in [0.29, 0.717) is 0 Å². The van der Waals surface area contributed by atoms with Crippen LogP contribution in [0.1, 0.15) is 0 Å². The molecule has 4 fully saturated rings. The Bertz CT molecular complexity index is 237. The minimum atomic E-state index is -0.726. The first-order valence-electron chi connectivity index (χ1n) is 4.96. The Morgan fingerprint density at radius 3 is 1.80 bits per heavy atom. The maximum atomic E-state index is 9.96. The molecule has 3 saturated heterocycles. The summed E-state index contributed by atoms with van der Waals surface area (Å²) in [6.07, 6.45) is -2.34. The predicted octanol–water partition coefficient (Wildman–Crippen LogP) is -1.14. The van der Waals surface area contributed by atoms with E-state index in [9.17, 15) is 5.11 Å². The fourth-order valence-electron chi connectivity index (χ4n) is 2.62. The highest BCUT2D eigenvalue weighted by Crippen LogP contribution is 2.41. The first-order valence-corrected chi connectivity index (χ1v) is 4.96. The third-order valence-electron chi connectivity index (χ3n) is 3.32. The Kier molecular flexibility index (Phi) is 2.24. The number of methoxy groups -OCH3 is 2. The van der Waals surface area contributed by atoms with Crippen molar-refractivity contribution in [2.24, 2.45) is 0 Å². The minimum Gasteiger partial charge on any atom is -0.387 e. The van der Waals surface area contributed by atoms with Crippen LogP contribution in [-0.4, -0.2) is 62.4 Å². The van der Waals surface area contributed by atoms with E-state index in [1.165, 1.54) is 0 Å². The summed E-state index contributed by atoms with van der Waals surface area (Å²) in [5.74, 6) is 0. The van der Waals surface area contributed by atoms with Crippen LogP contribution in [0.15, 0.2) is 0 Å². The Hall–Kier alpha value is -0.240. The van der Waals surface area contributed by atoms with Crippen molar-refractivity contribution in [1.29, 1.82) is 0 Å². The van der Waals surface area contributed by atoms with Gasteiger partial charge in [-0.05, 0) is 0 Å². The highest BCUT2D eigenvalue weighted by atomic mass is 16.9. The van der Waals surface area contributed by atoms with Gasteiger partial charge in [0, 0.05) is 14.2 Å². The van der Waals surface area contributed by atoms with Crippen LogP contribution in [0.5, 0.6) is 0 Å². The lowest BCUT2D eigenvalue weighted by Crippen LogP contribution is -2.75. The number of aliphatic hydroxyl groups excluding tert-OH is 1. The van der Waals surface area contributed by atoms with Gasteiger partial charge in [-0.2, -0.15) is 0 Å². The smallest absolute Gasteiger partial charge is 0.272 e. The fraction of sp³-hybridized carbons (Fsp3) is 1.00. The average Bonchev–Trinajstić information content (AvgIpc) is 2.25. The van der Waals surface area contributed by atoms with Crippen molar-refractivity contribution >= 4 is 0 Å². The second kappa shape index (κ2) is 3.38. The first-order chi connectivity index (χ1) is 7.26. The third kappa shape index (κ3) is 1.20. The van der Waals surface area contributed by atoms with Gasteiger partial charge in [0.2, 0.25) is 0 Å². The molecule has 3 heterocycles. The van der Waals surface area contributed by atoms with Crippen molar-refractivity contribution in [1.82, 2.24) is 0 Å². The molecular weight excluding hydrogens is 204 g/mol. The van der Waals surface area contributed by atoms with Crippen molar-refractivity contribution in [3.05, 3.63) is 0 Å². The topological polar surface area (TPSA) is 66.4 Å². The van der Waals surface area contributed by atoms with E-state index in [4.69, 9.17) is 23.7 Å². The van der Waals surface area contributed by atoms with Crippen LogP contribution in [-0.2, 0) is 23.7 Å². The summed E-state index contributed by atoms with van der Waals surface area (Å²) in [5.41, 5.74) is 0. The van der Waals surface area contributed by atoms with E-state index in [-0.39, 0.29) is 30.5 Å². The summed E-state index contributed by atoms with van der Waals surface area (Å²) in [4.78, 5) is 0. The number of aliphatic hydroxyl groups is 1. The maximum Gasteiger partial charge on any atom is 0.272 e. The molecule has 15 heavy (non-hydrogen) atoms. The highest BCUT2D eigenvalue weighted by molar-refractivity contribution is 5.06. The molecule has 6 unspecified atom stereocenters. The van der Waals surface area contributed by atoms with Crippen molar-refractivity contribution in [3.8, 4) is 0 Å². The standard InChI is InChI=1S/C9H14O6/c1-11-6-4-3(10)5-7(12-2)8(6)15-9(13-4)14-5/h3-10H,1-2H3/t3?,4?,5?,6-,7?,8?,9?/m1/s1. The van der Waals surface area contributed by atoms with Gasteiger partial charge in [-0.3, -0.25) is 0 Å². The average molecular weight is 218 g/mol. The van der Waals surface area contributed by atoms with Crippen LogP contribution in [0.3, 0.4) is 0 Å². The predicted molar refractivity (Wildman–Crippen MR) is 46.0 cm³/mol. The van der Waals surface area contributed by atoms with Gasteiger partial charge in [0.25, 0.3) is 6.48 Å². The summed E-state index contributed by atoms with van der Waals surface area (Å²) in [7, 11) is 3.14. The van der Waals surface area contributed by atoms with Gasteiger partial charge in [0.05, 0.1) is 0 Å². The van der Waals surface area contributed by atoms with Crippen LogP contribution in [0.2, 0.25) is 0 Å². The quantitative estimate of drug-likeness (QED) is 0.632. The SMILES string of the molecule is COC1C2OC3OC(C2O)[C@@H](OC)C1O3. The van der Waals surface area contributed by atoms with Crippen LogP contribution in [0.25, 0.3) is 0 Å². The summed E-state index contributed by atoms with van der Waals surface area (Å²) in [6.45, 7) is -0.689. The zero-order valence-electron chi connectivity index (χ0n) is 8.53. The monoisotopic (exact) mass is 218 g/mol. The summed E-state index contributed by atoms with van der Waals surface area (Å²) in [5, 5.41) is 9.96. The molecule has 0 radical (unpaired) electrons. The highest BCUT2D eigenvalue weighted by Gasteiger charge is 2.62. The minimum absolute atomic E-state index is 0.231. The van der Waals surface area contributed by atoms with E-state index in [1.807, 2.05) is 0 Å². The number of rotatable bonds is 2. The van der Waals surface area contributed by atoms with Crippen LogP contribution >= 0.6 is 0 Å². The van der Waals surface area contributed by atoms with Crippen LogP contribution in [0, 0.1) is 0 Å². The molecule has 0 aromatic carbocycles. The molecule has 4 bridgehead atoms. The lowest BCUT2D eigenvalue weighted by molar-refractivity contribution is -0.483. The number of ether oxygens (including phenoxy) is 5. The Morgan fingerprint density at radius 2 is 1.33 bits per heavy atom. The second-order valence-electron chi connectivity index (χ2n) is 3.98. The normalized spacial score (nSPS) is 57.4. The second-order valence-corrected chi connectivity index (χ2v) is 3.98. The lowest BCUT2D eigenvalue weighted by atomic mass is 9.82. The van der Waals surface area contributed by atoms with Gasteiger partial charge < -0.3 is 28.8 Å². The fourth-order valence-corrected chi connectivity index (χ4v) is 2.62. The van der Waals surface area contributed by atoms with Gasteiger partial charge in [0.1, 0.15) is 36.6 Å². The van der Waals surface area contributed by atoms with Gasteiger partial charge in [-0.15, -0.1) is 0 Å². The lowest BCUT2D eigenvalue weighted by Gasteiger charge is -2.57. The summed E-state index contributed by atoms with van der Waals surface area (Å²) in [6, 6.07) is 0. The molecule has 4 aliphatic rings. The zero-order chi connectivity index (χ0) is 10.6. The maximum absolute atomic E-state index is 9.96. The van der Waals surface area contributed by atoms with Gasteiger partial charge >= 0.3 is 0 Å². The summed E-state index contributed by atoms with van der Waals surface area (Å²) < 4.78 is 26.8. The largest absolute Gasteiger partial charge is 0.387 e. The van der Waals surface area contributed by atoms with Gasteiger partial charge in [0.15, 0.2) is 0 Å². The van der Waals surface area contributed by atoms with Crippen molar-refractivity contribution < 1.29 is 28.8 Å². The van der Waals surface area contributed by atoms with Crippen LogP contribution in [0.4, 0.5) is 0 Å². The molecule has 1 aliphatic carbocycles. The zero-order valence-corrected chi connectivity index (χ0v) is 8.53. The molecule has 1 saturated carbocycles. The summed E-state index contributed by atoms with van der Waals surface area (Å²) >= 11 is 0. The molecule has 0 amide bonds. The van der Waals surface area contributed by atoms with E-state index >= 15 is 0 Å². The molecule has 7 atom stereocenters. The molecule has 0 spiro atoms. The molecule has 1 N–H and O–H groups in total. The van der Waals surface area contributed by atoms with Crippen LogP contribution < -0.4 is 0 Å². The Morgan fingerprint density at radius 1 is 0.867 bits per heavy atom.